The molecular formula is C10H8BrNO. The van der Waals surface area contributed by atoms with Gasteiger partial charge in [0.2, 0.25) is 5.52 Å². The number of aromatic nitrogens is 1. The fraction of sp³-hybridized carbons (Fsp3) is 0.100. The summed E-state index contributed by atoms with van der Waals surface area (Å²) in [6.45, 7) is 2.00. The van der Waals surface area contributed by atoms with E-state index in [-0.39, 0.29) is 0 Å². The van der Waals surface area contributed by atoms with E-state index in [1.54, 1.807) is 0 Å². The normalized spacial score (nSPS) is 10.6. The summed E-state index contributed by atoms with van der Waals surface area (Å²) in [6, 6.07) is 7.54. The van der Waals surface area contributed by atoms with Crippen molar-refractivity contribution in [2.24, 2.45) is 0 Å². The maximum absolute atomic E-state index is 11.4. The van der Waals surface area contributed by atoms with E-state index in [0.717, 1.165) is 20.2 Å². The van der Waals surface area contributed by atoms with Gasteiger partial charge in [-0.15, -0.1) is 0 Å². The first-order chi connectivity index (χ1) is 6.18. The van der Waals surface area contributed by atoms with Crippen LogP contribution >= 0.6 is 15.9 Å². The largest absolute Gasteiger partial charge is 0.618 e. The lowest BCUT2D eigenvalue weighted by molar-refractivity contribution is -0.577. The molecule has 1 aromatic heterocycles. The van der Waals surface area contributed by atoms with Crippen LogP contribution in [0.25, 0.3) is 10.9 Å². The number of halogens is 1. The van der Waals surface area contributed by atoms with Crippen molar-refractivity contribution >= 4 is 26.8 Å². The molecule has 0 radical (unpaired) electrons. The van der Waals surface area contributed by atoms with Crippen LogP contribution in [0, 0.1) is 12.1 Å². The zero-order chi connectivity index (χ0) is 9.42. The number of hydrogen-bond donors (Lipinski definition) is 0. The minimum absolute atomic E-state index is 0.703. The molecule has 0 amide bonds. The molecule has 0 N–H and O–H groups in total. The quantitative estimate of drug-likeness (QED) is 0.511. The van der Waals surface area contributed by atoms with Gasteiger partial charge in [-0.1, -0.05) is 15.9 Å². The highest BCUT2D eigenvalue weighted by Crippen LogP contribution is 2.19. The van der Waals surface area contributed by atoms with Crippen molar-refractivity contribution in [3.63, 3.8) is 0 Å². The van der Waals surface area contributed by atoms with Crippen LogP contribution in [0.3, 0.4) is 0 Å². The molecule has 2 aromatic rings. The monoisotopic (exact) mass is 237 g/mol. The smallest absolute Gasteiger partial charge is 0.225 e. The van der Waals surface area contributed by atoms with Gasteiger partial charge in [0.05, 0.1) is 5.39 Å². The summed E-state index contributed by atoms with van der Waals surface area (Å²) in [5.74, 6) is 0. The summed E-state index contributed by atoms with van der Waals surface area (Å²) in [5.41, 5.74) is 1.82. The van der Waals surface area contributed by atoms with Crippen LogP contribution < -0.4 is 4.73 Å². The van der Waals surface area contributed by atoms with Gasteiger partial charge in [0.15, 0.2) is 6.20 Å². The van der Waals surface area contributed by atoms with Crippen molar-refractivity contribution in [2.75, 3.05) is 0 Å². The van der Waals surface area contributed by atoms with Gasteiger partial charge in [-0.25, -0.2) is 0 Å². The predicted octanol–water partition coefficient (Wildman–Crippen LogP) is 2.54. The fourth-order valence-electron chi connectivity index (χ4n) is 1.37. The van der Waals surface area contributed by atoms with Crippen molar-refractivity contribution < 1.29 is 4.73 Å². The highest BCUT2D eigenvalue weighted by Gasteiger charge is 2.05. The maximum atomic E-state index is 11.4. The topological polar surface area (TPSA) is 26.9 Å². The Morgan fingerprint density at radius 1 is 1.31 bits per heavy atom. The van der Waals surface area contributed by atoms with Crippen molar-refractivity contribution in [3.8, 4) is 0 Å². The van der Waals surface area contributed by atoms with Crippen LogP contribution in [-0.2, 0) is 0 Å². The second-order valence-electron chi connectivity index (χ2n) is 2.99. The Labute approximate surface area is 84.5 Å². The highest BCUT2D eigenvalue weighted by atomic mass is 79.9. The van der Waals surface area contributed by atoms with E-state index >= 15 is 0 Å². The Bertz CT molecular complexity index is 468. The number of pyridine rings is 1. The molecule has 1 heterocycles. The van der Waals surface area contributed by atoms with Gasteiger partial charge >= 0.3 is 0 Å². The second-order valence-corrected chi connectivity index (χ2v) is 3.90. The zero-order valence-electron chi connectivity index (χ0n) is 7.12. The van der Waals surface area contributed by atoms with E-state index in [0.29, 0.717) is 5.52 Å². The number of nitrogens with zero attached hydrogens (tertiary/aromatic N) is 1. The number of benzene rings is 1. The minimum Gasteiger partial charge on any atom is -0.618 e. The van der Waals surface area contributed by atoms with Crippen LogP contribution in [0.2, 0.25) is 0 Å². The molecule has 0 aliphatic heterocycles. The lowest BCUT2D eigenvalue weighted by atomic mass is 10.1. The number of rotatable bonds is 0. The lowest BCUT2D eigenvalue weighted by Crippen LogP contribution is -2.26. The Morgan fingerprint density at radius 2 is 2.08 bits per heavy atom. The van der Waals surface area contributed by atoms with Crippen molar-refractivity contribution in [1.82, 2.24) is 0 Å². The number of fused-ring (bicyclic) bond motifs is 1. The average Bonchev–Trinajstić information content (AvgIpc) is 2.12. The molecule has 0 aliphatic rings. The molecule has 0 atom stereocenters. The summed E-state index contributed by atoms with van der Waals surface area (Å²) in [7, 11) is 0. The summed E-state index contributed by atoms with van der Waals surface area (Å²) >= 11 is 3.34. The van der Waals surface area contributed by atoms with Gasteiger partial charge in [0, 0.05) is 16.6 Å². The fourth-order valence-corrected chi connectivity index (χ4v) is 1.72. The van der Waals surface area contributed by atoms with Crippen LogP contribution in [0.15, 0.2) is 34.9 Å². The molecule has 3 heteroatoms. The third kappa shape index (κ3) is 1.40. The van der Waals surface area contributed by atoms with Gasteiger partial charge < -0.3 is 5.21 Å². The van der Waals surface area contributed by atoms with Crippen LogP contribution in [-0.4, -0.2) is 0 Å². The zero-order valence-corrected chi connectivity index (χ0v) is 8.71. The first kappa shape index (κ1) is 8.51. The average molecular weight is 238 g/mol. The molecule has 0 bridgehead atoms. The second kappa shape index (κ2) is 3.00. The van der Waals surface area contributed by atoms with Crippen LogP contribution in [0.4, 0.5) is 0 Å². The molecule has 2 nitrogen and oxygen atoms in total. The molecule has 0 saturated carbocycles. The van der Waals surface area contributed by atoms with Crippen molar-refractivity contribution in [1.29, 1.82) is 0 Å². The molecular weight excluding hydrogens is 230 g/mol. The van der Waals surface area contributed by atoms with Crippen molar-refractivity contribution in [2.45, 2.75) is 6.92 Å². The lowest BCUT2D eigenvalue weighted by Gasteiger charge is -2.03. The molecule has 0 saturated heterocycles. The van der Waals surface area contributed by atoms with E-state index in [2.05, 4.69) is 15.9 Å². The molecule has 0 unspecified atom stereocenters. The van der Waals surface area contributed by atoms with E-state index in [1.165, 1.54) is 6.20 Å². The van der Waals surface area contributed by atoms with Gasteiger partial charge in [-0.2, -0.15) is 4.73 Å². The summed E-state index contributed by atoms with van der Waals surface area (Å²) in [5, 5.41) is 12.4. The summed E-state index contributed by atoms with van der Waals surface area (Å²) < 4.78 is 1.81. The Morgan fingerprint density at radius 3 is 2.85 bits per heavy atom. The first-order valence-corrected chi connectivity index (χ1v) is 4.76. The molecule has 13 heavy (non-hydrogen) atoms. The maximum Gasteiger partial charge on any atom is 0.225 e. The van der Waals surface area contributed by atoms with E-state index in [1.807, 2.05) is 31.2 Å². The summed E-state index contributed by atoms with van der Waals surface area (Å²) in [4.78, 5) is 0. The minimum atomic E-state index is 0.703. The number of aryl methyl sites for hydroxylation is 1. The molecule has 0 aliphatic carbocycles. The molecule has 66 valence electrons. The Kier molecular flexibility index (Phi) is 1.96. The van der Waals surface area contributed by atoms with E-state index in [4.69, 9.17) is 0 Å². The summed E-state index contributed by atoms with van der Waals surface area (Å²) in [6.07, 6.45) is 1.53. The third-order valence-corrected chi connectivity index (χ3v) is 2.58. The third-order valence-electron chi connectivity index (χ3n) is 2.08. The number of hydrogen-bond acceptors (Lipinski definition) is 1. The molecule has 2 rings (SSSR count). The molecule has 0 fully saturated rings. The van der Waals surface area contributed by atoms with Crippen LogP contribution in [0.1, 0.15) is 5.56 Å². The Balaban J connectivity index is 2.92. The molecule has 0 spiro atoms. The predicted molar refractivity (Wildman–Crippen MR) is 55.3 cm³/mol. The van der Waals surface area contributed by atoms with Gasteiger partial charge in [0.25, 0.3) is 0 Å². The highest BCUT2D eigenvalue weighted by molar-refractivity contribution is 9.10. The Hall–Kier alpha value is -1.09. The standard InChI is InChI=1S/C10H8BrNO/c1-7-4-5-12(13)10-6-8(11)2-3-9(7)10/h2-6H,1H3. The van der Waals surface area contributed by atoms with E-state index < -0.39 is 0 Å². The van der Waals surface area contributed by atoms with Gasteiger partial charge in [0.1, 0.15) is 0 Å². The molecule has 1 aromatic carbocycles. The van der Waals surface area contributed by atoms with Crippen molar-refractivity contribution in [3.05, 3.63) is 45.7 Å². The SMILES string of the molecule is Cc1cc[n+]([O-])c2cc(Br)ccc12. The van der Waals surface area contributed by atoms with Crippen LogP contribution in [0.5, 0.6) is 0 Å². The first-order valence-electron chi connectivity index (χ1n) is 3.96. The van der Waals surface area contributed by atoms with Gasteiger partial charge in [-0.05, 0) is 24.6 Å². The van der Waals surface area contributed by atoms with E-state index in [9.17, 15) is 5.21 Å². The van der Waals surface area contributed by atoms with Gasteiger partial charge in [-0.3, -0.25) is 0 Å².